The Balaban J connectivity index is 1.93. The molecule has 1 saturated heterocycles. The van der Waals surface area contributed by atoms with Gasteiger partial charge in [0.2, 0.25) is 0 Å². The molecule has 1 saturated carbocycles. The first kappa shape index (κ1) is 18.5. The molecule has 1 atom stereocenters. The molecule has 134 valence electrons. The Morgan fingerprint density at radius 3 is 2.52 bits per heavy atom. The fraction of sp³-hybridized carbons (Fsp3) is 0.944. The Morgan fingerprint density at radius 2 is 1.96 bits per heavy atom. The third-order valence-corrected chi connectivity index (χ3v) is 5.76. The second kappa shape index (κ2) is 8.88. The normalized spacial score (nSPS) is 25.7. The molecule has 0 radical (unpaired) electrons. The number of aliphatic imine (C=N–C) groups is 1. The lowest BCUT2D eigenvalue weighted by Crippen LogP contribution is -2.54. The second-order valence-corrected chi connectivity index (χ2v) is 7.49. The summed E-state index contributed by atoms with van der Waals surface area (Å²) in [4.78, 5) is 9.37. The summed E-state index contributed by atoms with van der Waals surface area (Å²) < 4.78 is 5.31. The van der Waals surface area contributed by atoms with Crippen molar-refractivity contribution < 1.29 is 4.74 Å². The highest BCUT2D eigenvalue weighted by molar-refractivity contribution is 5.80. The van der Waals surface area contributed by atoms with Crippen molar-refractivity contribution in [1.82, 2.24) is 15.1 Å². The van der Waals surface area contributed by atoms with Crippen LogP contribution in [0.15, 0.2) is 4.99 Å². The average Bonchev–Trinajstić information content (AvgIpc) is 2.85. The molecule has 1 unspecified atom stereocenters. The van der Waals surface area contributed by atoms with E-state index in [2.05, 4.69) is 34.2 Å². The van der Waals surface area contributed by atoms with Gasteiger partial charge in [0, 0.05) is 45.2 Å². The molecular formula is C18H36N4O. The Hall–Kier alpha value is -0.810. The van der Waals surface area contributed by atoms with E-state index in [0.717, 1.165) is 32.2 Å². The summed E-state index contributed by atoms with van der Waals surface area (Å²) in [6, 6.07) is 0. The van der Waals surface area contributed by atoms with Gasteiger partial charge in [0.05, 0.1) is 6.61 Å². The first-order valence-corrected chi connectivity index (χ1v) is 9.23. The van der Waals surface area contributed by atoms with E-state index in [1.54, 1.807) is 7.11 Å². The molecule has 2 aliphatic rings. The molecule has 0 spiro atoms. The minimum atomic E-state index is 0.276. The quantitative estimate of drug-likeness (QED) is 0.478. The van der Waals surface area contributed by atoms with Crippen molar-refractivity contribution in [2.75, 3.05) is 54.5 Å². The van der Waals surface area contributed by atoms with Gasteiger partial charge in [-0.05, 0) is 33.4 Å². The predicted octanol–water partition coefficient (Wildman–Crippen LogP) is 2.18. The molecule has 1 heterocycles. The van der Waals surface area contributed by atoms with Crippen molar-refractivity contribution in [2.24, 2.45) is 10.9 Å². The Bertz CT molecular complexity index is 375. The molecule has 0 aromatic carbocycles. The molecule has 0 bridgehead atoms. The van der Waals surface area contributed by atoms with Crippen LogP contribution >= 0.6 is 0 Å². The van der Waals surface area contributed by atoms with Gasteiger partial charge in [-0.3, -0.25) is 4.99 Å². The Morgan fingerprint density at radius 1 is 1.26 bits per heavy atom. The van der Waals surface area contributed by atoms with Crippen molar-refractivity contribution in [3.63, 3.8) is 0 Å². The highest BCUT2D eigenvalue weighted by Gasteiger charge is 2.34. The largest absolute Gasteiger partial charge is 0.384 e. The van der Waals surface area contributed by atoms with E-state index in [0.29, 0.717) is 5.92 Å². The molecule has 5 nitrogen and oxygen atoms in total. The van der Waals surface area contributed by atoms with Crippen molar-refractivity contribution >= 4 is 5.96 Å². The number of likely N-dealkylation sites (tertiary alicyclic amines) is 1. The Kier molecular flexibility index (Phi) is 7.15. The fourth-order valence-electron chi connectivity index (χ4n) is 4.14. The molecule has 5 heteroatoms. The summed E-state index contributed by atoms with van der Waals surface area (Å²) in [6.07, 6.45) is 9.24. The van der Waals surface area contributed by atoms with Crippen LogP contribution in [0.2, 0.25) is 0 Å². The number of rotatable bonds is 5. The number of likely N-dealkylation sites (N-methyl/N-ethyl adjacent to an activating group) is 1. The molecular weight excluding hydrogens is 288 g/mol. The number of hydrogen-bond acceptors (Lipinski definition) is 3. The highest BCUT2D eigenvalue weighted by Crippen LogP contribution is 2.30. The van der Waals surface area contributed by atoms with Crippen molar-refractivity contribution in [1.29, 1.82) is 0 Å². The average molecular weight is 325 g/mol. The van der Waals surface area contributed by atoms with E-state index < -0.39 is 0 Å². The summed E-state index contributed by atoms with van der Waals surface area (Å²) in [5.41, 5.74) is 0.276. The van der Waals surface area contributed by atoms with E-state index >= 15 is 0 Å². The molecule has 1 N–H and O–H groups in total. The van der Waals surface area contributed by atoms with Gasteiger partial charge in [0.1, 0.15) is 0 Å². The maximum absolute atomic E-state index is 5.31. The van der Waals surface area contributed by atoms with E-state index in [-0.39, 0.29) is 5.54 Å². The highest BCUT2D eigenvalue weighted by atomic mass is 16.5. The van der Waals surface area contributed by atoms with Crippen LogP contribution < -0.4 is 5.32 Å². The predicted molar refractivity (Wildman–Crippen MR) is 97.0 cm³/mol. The number of nitrogens with zero attached hydrogens (tertiary/aromatic N) is 3. The summed E-state index contributed by atoms with van der Waals surface area (Å²) >= 11 is 0. The number of methoxy groups -OCH3 is 1. The van der Waals surface area contributed by atoms with Gasteiger partial charge < -0.3 is 19.9 Å². The SMILES string of the molecule is CN=C(NCC1(N(C)C)CCCCCC1)N1CCC(COC)C1. The van der Waals surface area contributed by atoms with Gasteiger partial charge in [-0.15, -0.1) is 0 Å². The zero-order valence-electron chi connectivity index (χ0n) is 15.6. The molecule has 0 aromatic rings. The maximum atomic E-state index is 5.31. The van der Waals surface area contributed by atoms with E-state index in [9.17, 15) is 0 Å². The number of ether oxygens (including phenoxy) is 1. The second-order valence-electron chi connectivity index (χ2n) is 7.49. The van der Waals surface area contributed by atoms with Crippen molar-refractivity contribution in [3.8, 4) is 0 Å². The van der Waals surface area contributed by atoms with Gasteiger partial charge in [-0.25, -0.2) is 0 Å². The van der Waals surface area contributed by atoms with E-state index in [4.69, 9.17) is 4.74 Å². The molecule has 1 aliphatic carbocycles. The van der Waals surface area contributed by atoms with Crippen LogP contribution in [-0.4, -0.2) is 75.8 Å². The van der Waals surface area contributed by atoms with Crippen LogP contribution in [0.3, 0.4) is 0 Å². The van der Waals surface area contributed by atoms with Gasteiger partial charge in [-0.2, -0.15) is 0 Å². The minimum Gasteiger partial charge on any atom is -0.384 e. The van der Waals surface area contributed by atoms with E-state index in [1.165, 1.54) is 44.9 Å². The first-order chi connectivity index (χ1) is 11.1. The van der Waals surface area contributed by atoms with Crippen LogP contribution in [0.5, 0.6) is 0 Å². The first-order valence-electron chi connectivity index (χ1n) is 9.23. The lowest BCUT2D eigenvalue weighted by atomic mass is 9.88. The molecule has 23 heavy (non-hydrogen) atoms. The van der Waals surface area contributed by atoms with Crippen molar-refractivity contribution in [2.45, 2.75) is 50.5 Å². The van der Waals surface area contributed by atoms with Gasteiger partial charge in [-0.1, -0.05) is 25.7 Å². The monoisotopic (exact) mass is 324 g/mol. The molecule has 2 fully saturated rings. The van der Waals surface area contributed by atoms with Gasteiger partial charge in [0.15, 0.2) is 5.96 Å². The number of hydrogen-bond donors (Lipinski definition) is 1. The smallest absolute Gasteiger partial charge is 0.193 e. The van der Waals surface area contributed by atoms with Crippen LogP contribution in [0.4, 0.5) is 0 Å². The zero-order valence-corrected chi connectivity index (χ0v) is 15.6. The molecule has 0 aromatic heterocycles. The fourth-order valence-corrected chi connectivity index (χ4v) is 4.14. The topological polar surface area (TPSA) is 40.1 Å². The lowest BCUT2D eigenvalue weighted by molar-refractivity contribution is 0.131. The minimum absolute atomic E-state index is 0.276. The number of nitrogens with one attached hydrogen (secondary N) is 1. The molecule has 0 amide bonds. The van der Waals surface area contributed by atoms with Gasteiger partial charge in [0.25, 0.3) is 0 Å². The maximum Gasteiger partial charge on any atom is 0.193 e. The van der Waals surface area contributed by atoms with Crippen LogP contribution in [-0.2, 0) is 4.74 Å². The summed E-state index contributed by atoms with van der Waals surface area (Å²) in [6.45, 7) is 4.00. The van der Waals surface area contributed by atoms with Crippen LogP contribution in [0.1, 0.15) is 44.9 Å². The number of guanidine groups is 1. The summed E-state index contributed by atoms with van der Waals surface area (Å²) in [5, 5.41) is 3.69. The zero-order chi connectivity index (χ0) is 16.7. The third kappa shape index (κ3) is 4.83. The van der Waals surface area contributed by atoms with Crippen LogP contribution in [0, 0.1) is 5.92 Å². The van der Waals surface area contributed by atoms with Crippen molar-refractivity contribution in [3.05, 3.63) is 0 Å². The standard InChI is InChI=1S/C18H36N4O/c1-19-17(22-12-9-16(13-22)14-23-4)20-15-18(21(2)3)10-7-5-6-8-11-18/h16H,5-15H2,1-4H3,(H,19,20). The van der Waals surface area contributed by atoms with E-state index in [1.807, 2.05) is 7.05 Å². The molecule has 2 rings (SSSR count). The Labute approximate surface area is 142 Å². The lowest BCUT2D eigenvalue weighted by Gasteiger charge is -2.40. The summed E-state index contributed by atoms with van der Waals surface area (Å²) in [5.74, 6) is 1.70. The third-order valence-electron chi connectivity index (χ3n) is 5.76. The molecule has 1 aliphatic heterocycles. The van der Waals surface area contributed by atoms with Crippen LogP contribution in [0.25, 0.3) is 0 Å². The summed E-state index contributed by atoms with van der Waals surface area (Å²) in [7, 11) is 8.17. The van der Waals surface area contributed by atoms with Gasteiger partial charge >= 0.3 is 0 Å².